The average molecular weight is 265 g/mol. The van der Waals surface area contributed by atoms with E-state index in [2.05, 4.69) is 26.7 Å². The van der Waals surface area contributed by atoms with Crippen LogP contribution in [0.5, 0.6) is 0 Å². The Labute approximate surface area is 111 Å². The van der Waals surface area contributed by atoms with E-state index in [1.165, 1.54) is 0 Å². The monoisotopic (exact) mass is 264 g/mol. The van der Waals surface area contributed by atoms with E-state index in [1.807, 2.05) is 13.0 Å². The van der Waals surface area contributed by atoms with E-state index in [9.17, 15) is 0 Å². The molecule has 0 radical (unpaired) electrons. The molecule has 0 spiro atoms. The van der Waals surface area contributed by atoms with Crippen LogP contribution in [0.15, 0.2) is 0 Å². The lowest BCUT2D eigenvalue weighted by Crippen LogP contribution is -2.29. The van der Waals surface area contributed by atoms with Crippen LogP contribution in [0.1, 0.15) is 26.3 Å². The molecular weight excluding hydrogens is 252 g/mol. The van der Waals surface area contributed by atoms with E-state index in [0.29, 0.717) is 12.4 Å². The Morgan fingerprint density at radius 3 is 2.50 bits per heavy atom. The minimum Gasteiger partial charge on any atom is -0.369 e. The zero-order chi connectivity index (χ0) is 13.8. The molecule has 1 rings (SSSR count). The number of nitriles is 2. The lowest BCUT2D eigenvalue weighted by atomic mass is 10.1. The van der Waals surface area contributed by atoms with Crippen LogP contribution >= 0.6 is 11.6 Å². The van der Waals surface area contributed by atoms with Crippen LogP contribution in [0.25, 0.3) is 0 Å². The van der Waals surface area contributed by atoms with Crippen LogP contribution in [0.3, 0.4) is 0 Å². The third kappa shape index (κ3) is 3.22. The van der Waals surface area contributed by atoms with E-state index in [0.717, 1.165) is 0 Å². The van der Waals surface area contributed by atoms with Crippen molar-refractivity contribution in [2.24, 2.45) is 0 Å². The molecule has 0 fully saturated rings. The summed E-state index contributed by atoms with van der Waals surface area (Å²) in [5.74, 6) is 0.567. The van der Waals surface area contributed by atoms with E-state index in [1.54, 1.807) is 13.8 Å². The quantitative estimate of drug-likeness (QED) is 0.809. The highest BCUT2D eigenvalue weighted by molar-refractivity contribution is 6.31. The van der Waals surface area contributed by atoms with Crippen LogP contribution in [-0.4, -0.2) is 22.1 Å². The molecule has 0 saturated heterocycles. The van der Waals surface area contributed by atoms with Crippen LogP contribution in [0.4, 0.5) is 11.8 Å². The summed E-state index contributed by atoms with van der Waals surface area (Å²) in [4.78, 5) is 8.09. The molecule has 0 atom stereocenters. The molecule has 0 amide bonds. The predicted octanol–water partition coefficient (Wildman–Crippen LogP) is 2.15. The standard InChI is InChI=1S/C11H13ClN6/c1-4-15-9-7(5-13)8(12)16-10(17-9)18-11(2,3)6-14/h4H2,1-3H3,(H2,15,16,17,18). The Balaban J connectivity index is 3.18. The molecule has 7 heteroatoms. The summed E-state index contributed by atoms with van der Waals surface area (Å²) in [5, 5.41) is 23.7. The third-order valence-electron chi connectivity index (χ3n) is 2.02. The third-order valence-corrected chi connectivity index (χ3v) is 2.30. The number of hydrogen-bond donors (Lipinski definition) is 2. The number of nitrogens with zero attached hydrogens (tertiary/aromatic N) is 4. The first-order chi connectivity index (χ1) is 8.43. The van der Waals surface area contributed by atoms with Gasteiger partial charge in [-0.25, -0.2) is 0 Å². The molecule has 0 saturated carbocycles. The molecule has 94 valence electrons. The van der Waals surface area contributed by atoms with Gasteiger partial charge in [-0.3, -0.25) is 0 Å². The van der Waals surface area contributed by atoms with Gasteiger partial charge in [0.25, 0.3) is 0 Å². The highest BCUT2D eigenvalue weighted by Crippen LogP contribution is 2.23. The number of halogens is 1. The van der Waals surface area contributed by atoms with Crippen molar-refractivity contribution in [1.29, 1.82) is 10.5 Å². The summed E-state index contributed by atoms with van der Waals surface area (Å²) in [7, 11) is 0. The summed E-state index contributed by atoms with van der Waals surface area (Å²) in [6.45, 7) is 5.86. The smallest absolute Gasteiger partial charge is 0.227 e. The fraction of sp³-hybridized carbons (Fsp3) is 0.455. The van der Waals surface area contributed by atoms with Crippen molar-refractivity contribution in [3.8, 4) is 12.1 Å². The number of rotatable bonds is 4. The number of anilines is 2. The molecule has 0 aliphatic rings. The molecule has 18 heavy (non-hydrogen) atoms. The molecule has 0 aliphatic heterocycles. The number of aromatic nitrogens is 2. The van der Waals surface area contributed by atoms with Crippen molar-refractivity contribution >= 4 is 23.4 Å². The van der Waals surface area contributed by atoms with E-state index >= 15 is 0 Å². The number of nitrogens with one attached hydrogen (secondary N) is 2. The maximum atomic E-state index is 8.97. The molecule has 1 aromatic rings. The van der Waals surface area contributed by atoms with Gasteiger partial charge in [0.1, 0.15) is 17.2 Å². The zero-order valence-electron chi connectivity index (χ0n) is 10.4. The van der Waals surface area contributed by atoms with Gasteiger partial charge in [-0.1, -0.05) is 11.6 Å². The van der Waals surface area contributed by atoms with E-state index < -0.39 is 5.54 Å². The molecule has 2 N–H and O–H groups in total. The molecule has 0 unspecified atom stereocenters. The summed E-state index contributed by atoms with van der Waals surface area (Å²) >= 11 is 5.91. The maximum absolute atomic E-state index is 8.97. The lowest BCUT2D eigenvalue weighted by Gasteiger charge is -2.18. The first kappa shape index (κ1) is 14.0. The Kier molecular flexibility index (Phi) is 4.30. The molecule has 0 aromatic carbocycles. The van der Waals surface area contributed by atoms with Crippen LogP contribution in [0.2, 0.25) is 5.15 Å². The number of hydrogen-bond acceptors (Lipinski definition) is 6. The van der Waals surface area contributed by atoms with Crippen molar-refractivity contribution in [3.05, 3.63) is 10.7 Å². The van der Waals surface area contributed by atoms with Crippen LogP contribution < -0.4 is 10.6 Å². The molecule has 1 heterocycles. The van der Waals surface area contributed by atoms with Gasteiger partial charge in [0, 0.05) is 6.54 Å². The minimum atomic E-state index is -0.818. The fourth-order valence-corrected chi connectivity index (χ4v) is 1.40. The van der Waals surface area contributed by atoms with Gasteiger partial charge in [0.05, 0.1) is 6.07 Å². The second kappa shape index (κ2) is 5.52. The molecule has 0 aliphatic carbocycles. The van der Waals surface area contributed by atoms with Crippen LogP contribution in [-0.2, 0) is 0 Å². The topological polar surface area (TPSA) is 97.4 Å². The largest absolute Gasteiger partial charge is 0.369 e. The fourth-order valence-electron chi connectivity index (χ4n) is 1.19. The van der Waals surface area contributed by atoms with Crippen molar-refractivity contribution in [3.63, 3.8) is 0 Å². The van der Waals surface area contributed by atoms with Crippen LogP contribution in [0, 0.1) is 22.7 Å². The lowest BCUT2D eigenvalue weighted by molar-refractivity contribution is 0.717. The highest BCUT2D eigenvalue weighted by atomic mass is 35.5. The molecular formula is C11H13ClN6. The van der Waals surface area contributed by atoms with Crippen molar-refractivity contribution in [2.75, 3.05) is 17.2 Å². The van der Waals surface area contributed by atoms with Gasteiger partial charge < -0.3 is 10.6 Å². The van der Waals surface area contributed by atoms with Gasteiger partial charge in [-0.2, -0.15) is 20.5 Å². The summed E-state index contributed by atoms with van der Waals surface area (Å²) in [6, 6.07) is 4.01. The van der Waals surface area contributed by atoms with Gasteiger partial charge in [-0.05, 0) is 20.8 Å². The Morgan fingerprint density at radius 2 is 2.00 bits per heavy atom. The Bertz CT molecular complexity index is 526. The minimum absolute atomic E-state index is 0.0553. The second-order valence-corrected chi connectivity index (χ2v) is 4.42. The van der Waals surface area contributed by atoms with Gasteiger partial charge in [0.15, 0.2) is 11.0 Å². The van der Waals surface area contributed by atoms with Gasteiger partial charge >= 0.3 is 0 Å². The SMILES string of the molecule is CCNc1nc(NC(C)(C)C#N)nc(Cl)c1C#N. The Hall–Kier alpha value is -2.05. The summed E-state index contributed by atoms with van der Waals surface area (Å²) < 4.78 is 0. The maximum Gasteiger partial charge on any atom is 0.227 e. The summed E-state index contributed by atoms with van der Waals surface area (Å²) in [6.07, 6.45) is 0. The highest BCUT2D eigenvalue weighted by Gasteiger charge is 2.20. The van der Waals surface area contributed by atoms with E-state index in [4.69, 9.17) is 22.1 Å². The van der Waals surface area contributed by atoms with Gasteiger partial charge in [-0.15, -0.1) is 0 Å². The van der Waals surface area contributed by atoms with Gasteiger partial charge in [0.2, 0.25) is 5.95 Å². The molecule has 0 bridgehead atoms. The van der Waals surface area contributed by atoms with E-state index in [-0.39, 0.29) is 16.7 Å². The normalized spacial score (nSPS) is 10.3. The first-order valence-corrected chi connectivity index (χ1v) is 5.72. The Morgan fingerprint density at radius 1 is 1.33 bits per heavy atom. The molecule has 1 aromatic heterocycles. The average Bonchev–Trinajstić information content (AvgIpc) is 2.29. The van der Waals surface area contributed by atoms with Crippen molar-refractivity contribution in [1.82, 2.24) is 9.97 Å². The predicted molar refractivity (Wildman–Crippen MR) is 69.2 cm³/mol. The second-order valence-electron chi connectivity index (χ2n) is 4.07. The molecule has 6 nitrogen and oxygen atoms in total. The summed E-state index contributed by atoms with van der Waals surface area (Å²) in [5.41, 5.74) is -0.625. The zero-order valence-corrected chi connectivity index (χ0v) is 11.1. The van der Waals surface area contributed by atoms with Crippen molar-refractivity contribution < 1.29 is 0 Å². The first-order valence-electron chi connectivity index (χ1n) is 5.34. The van der Waals surface area contributed by atoms with Crippen molar-refractivity contribution in [2.45, 2.75) is 26.3 Å².